The van der Waals surface area contributed by atoms with Gasteiger partial charge in [0.05, 0.1) is 0 Å². The summed E-state index contributed by atoms with van der Waals surface area (Å²) in [5, 5.41) is 1.05. The van der Waals surface area contributed by atoms with E-state index in [-0.39, 0.29) is 5.78 Å². The van der Waals surface area contributed by atoms with Gasteiger partial charge in [-0.25, -0.2) is 0 Å². The normalized spacial score (nSPS) is 11.0. The first-order valence-corrected chi connectivity index (χ1v) is 9.17. The van der Waals surface area contributed by atoms with E-state index in [4.69, 9.17) is 0 Å². The largest absolute Gasteiger partial charge is 0.347 e. The first kappa shape index (κ1) is 16.2. The summed E-state index contributed by atoms with van der Waals surface area (Å²) in [6, 6.07) is 16.0. The highest BCUT2D eigenvalue weighted by atomic mass is 127. The van der Waals surface area contributed by atoms with Crippen molar-refractivity contribution in [1.29, 1.82) is 0 Å². The number of carbonyl (C=O) groups is 1. The fourth-order valence-electron chi connectivity index (χ4n) is 2.94. The van der Waals surface area contributed by atoms with Gasteiger partial charge in [0.1, 0.15) is 0 Å². The van der Waals surface area contributed by atoms with Crippen LogP contribution in [-0.4, -0.2) is 10.4 Å². The molecule has 3 heteroatoms. The van der Waals surface area contributed by atoms with Crippen molar-refractivity contribution in [3.8, 4) is 0 Å². The van der Waals surface area contributed by atoms with Crippen molar-refractivity contribution in [1.82, 2.24) is 4.57 Å². The van der Waals surface area contributed by atoms with Gasteiger partial charge in [-0.2, -0.15) is 0 Å². The van der Waals surface area contributed by atoms with Gasteiger partial charge in [-0.15, -0.1) is 0 Å². The molecule has 0 radical (unpaired) electrons. The predicted molar refractivity (Wildman–Crippen MR) is 104 cm³/mol. The number of aryl methyl sites for hydroxylation is 1. The predicted octanol–water partition coefficient (Wildman–Crippen LogP) is 5.67. The molecule has 0 saturated heterocycles. The number of halogens is 1. The summed E-state index contributed by atoms with van der Waals surface area (Å²) in [5.41, 5.74) is 2.74. The molecule has 2 nitrogen and oxygen atoms in total. The zero-order valence-corrected chi connectivity index (χ0v) is 15.4. The number of rotatable bonds is 6. The molecule has 0 aliphatic carbocycles. The number of nitrogens with zero attached hydrogens (tertiary/aromatic N) is 1. The van der Waals surface area contributed by atoms with Crippen LogP contribution in [0.4, 0.5) is 0 Å². The van der Waals surface area contributed by atoms with Crippen LogP contribution in [0.2, 0.25) is 0 Å². The van der Waals surface area contributed by atoms with Gasteiger partial charge in [-0.1, -0.05) is 50.1 Å². The molecule has 0 bridgehead atoms. The molecule has 0 amide bonds. The molecule has 23 heavy (non-hydrogen) atoms. The number of benzene rings is 2. The average Bonchev–Trinajstić information content (AvgIpc) is 2.94. The Kier molecular flexibility index (Phi) is 5.16. The minimum absolute atomic E-state index is 0.112. The van der Waals surface area contributed by atoms with Gasteiger partial charge < -0.3 is 4.57 Å². The lowest BCUT2D eigenvalue weighted by molar-refractivity contribution is 0.103. The summed E-state index contributed by atoms with van der Waals surface area (Å²) >= 11 is 2.23. The minimum Gasteiger partial charge on any atom is -0.347 e. The van der Waals surface area contributed by atoms with Gasteiger partial charge in [0, 0.05) is 38.3 Å². The van der Waals surface area contributed by atoms with Crippen molar-refractivity contribution in [3.05, 3.63) is 69.4 Å². The summed E-state index contributed by atoms with van der Waals surface area (Å²) in [5.74, 6) is 0.112. The van der Waals surface area contributed by atoms with Gasteiger partial charge >= 0.3 is 0 Å². The number of aromatic nitrogens is 1. The van der Waals surface area contributed by atoms with Crippen LogP contribution in [0.25, 0.3) is 10.9 Å². The van der Waals surface area contributed by atoms with E-state index in [1.54, 1.807) is 0 Å². The number of carbonyl (C=O) groups excluding carboxylic acids is 1. The first-order valence-electron chi connectivity index (χ1n) is 8.09. The number of hydrogen-bond donors (Lipinski definition) is 0. The van der Waals surface area contributed by atoms with Gasteiger partial charge in [-0.05, 0) is 47.2 Å². The molecule has 0 atom stereocenters. The maximum absolute atomic E-state index is 13.0. The molecule has 0 saturated carbocycles. The lowest BCUT2D eigenvalue weighted by atomic mass is 10.0. The van der Waals surface area contributed by atoms with Crippen LogP contribution in [0.15, 0.2) is 54.7 Å². The standard InChI is InChI=1S/C20H20INO/c1-2-3-8-13-22-14-17(15-9-5-7-12-19(15)22)20(23)16-10-4-6-11-18(16)21/h4-7,9-12,14H,2-3,8,13H2,1H3. The van der Waals surface area contributed by atoms with Crippen LogP contribution < -0.4 is 0 Å². The van der Waals surface area contributed by atoms with Crippen molar-refractivity contribution in [2.75, 3.05) is 0 Å². The molecule has 1 heterocycles. The minimum atomic E-state index is 0.112. The number of ketones is 1. The zero-order chi connectivity index (χ0) is 16.2. The topological polar surface area (TPSA) is 22.0 Å². The van der Waals surface area contributed by atoms with Crippen LogP contribution in [0.1, 0.15) is 42.1 Å². The summed E-state index contributed by atoms with van der Waals surface area (Å²) in [6.07, 6.45) is 5.59. The molecule has 0 aliphatic heterocycles. The number of fused-ring (bicyclic) bond motifs is 1. The Balaban J connectivity index is 2.04. The maximum Gasteiger partial charge on any atom is 0.196 e. The van der Waals surface area contributed by atoms with Crippen LogP contribution in [-0.2, 0) is 6.54 Å². The molecule has 3 rings (SSSR count). The lowest BCUT2D eigenvalue weighted by Gasteiger charge is -2.03. The fourth-order valence-corrected chi connectivity index (χ4v) is 3.57. The SMILES string of the molecule is CCCCCn1cc(C(=O)c2ccccc2I)c2ccccc21. The molecule has 2 aromatic carbocycles. The van der Waals surface area contributed by atoms with Crippen molar-refractivity contribution >= 4 is 39.3 Å². The second-order valence-corrected chi connectivity index (χ2v) is 6.93. The van der Waals surface area contributed by atoms with E-state index < -0.39 is 0 Å². The van der Waals surface area contributed by atoms with Crippen LogP contribution in [0.3, 0.4) is 0 Å². The van der Waals surface area contributed by atoms with E-state index in [0.717, 1.165) is 38.6 Å². The molecule has 0 spiro atoms. The monoisotopic (exact) mass is 417 g/mol. The summed E-state index contributed by atoms with van der Waals surface area (Å²) in [4.78, 5) is 13.0. The second kappa shape index (κ2) is 7.30. The van der Waals surface area contributed by atoms with E-state index in [0.29, 0.717) is 0 Å². The Morgan fingerprint density at radius 3 is 2.52 bits per heavy atom. The maximum atomic E-state index is 13.0. The van der Waals surface area contributed by atoms with Gasteiger partial charge in [0.25, 0.3) is 0 Å². The quantitative estimate of drug-likeness (QED) is 0.288. The highest BCUT2D eigenvalue weighted by Crippen LogP contribution is 2.26. The smallest absolute Gasteiger partial charge is 0.196 e. The Labute approximate surface area is 150 Å². The third kappa shape index (κ3) is 3.34. The molecule has 0 unspecified atom stereocenters. The first-order chi connectivity index (χ1) is 11.2. The van der Waals surface area contributed by atoms with Crippen molar-refractivity contribution in [3.63, 3.8) is 0 Å². The van der Waals surface area contributed by atoms with Gasteiger partial charge in [0.2, 0.25) is 0 Å². The Morgan fingerprint density at radius 2 is 1.74 bits per heavy atom. The van der Waals surface area contributed by atoms with E-state index in [1.165, 1.54) is 12.8 Å². The summed E-state index contributed by atoms with van der Waals surface area (Å²) in [7, 11) is 0. The summed E-state index contributed by atoms with van der Waals surface area (Å²) < 4.78 is 3.23. The van der Waals surface area contributed by atoms with E-state index in [9.17, 15) is 4.79 Å². The number of hydrogen-bond acceptors (Lipinski definition) is 1. The van der Waals surface area contributed by atoms with Crippen LogP contribution in [0, 0.1) is 3.57 Å². The fraction of sp³-hybridized carbons (Fsp3) is 0.250. The summed E-state index contributed by atoms with van der Waals surface area (Å²) in [6.45, 7) is 3.17. The van der Waals surface area contributed by atoms with Crippen molar-refractivity contribution < 1.29 is 4.79 Å². The third-order valence-corrected chi connectivity index (χ3v) is 5.09. The number of para-hydroxylation sites is 1. The molecule has 0 aliphatic rings. The van der Waals surface area contributed by atoms with Gasteiger partial charge in [-0.3, -0.25) is 4.79 Å². The van der Waals surface area contributed by atoms with Crippen LogP contribution >= 0.6 is 22.6 Å². The van der Waals surface area contributed by atoms with Crippen molar-refractivity contribution in [2.24, 2.45) is 0 Å². The van der Waals surface area contributed by atoms with E-state index in [2.05, 4.69) is 46.2 Å². The highest BCUT2D eigenvalue weighted by Gasteiger charge is 2.18. The molecular weight excluding hydrogens is 397 g/mol. The Hall–Kier alpha value is -1.62. The third-order valence-electron chi connectivity index (χ3n) is 4.15. The molecular formula is C20H20INO. The molecule has 0 fully saturated rings. The van der Waals surface area contributed by atoms with Crippen molar-refractivity contribution in [2.45, 2.75) is 32.7 Å². The highest BCUT2D eigenvalue weighted by molar-refractivity contribution is 14.1. The average molecular weight is 417 g/mol. The lowest BCUT2D eigenvalue weighted by Crippen LogP contribution is -2.03. The Bertz CT molecular complexity index is 835. The second-order valence-electron chi connectivity index (χ2n) is 5.77. The zero-order valence-electron chi connectivity index (χ0n) is 13.3. The number of unbranched alkanes of at least 4 members (excludes halogenated alkanes) is 2. The molecule has 0 N–H and O–H groups in total. The van der Waals surface area contributed by atoms with E-state index >= 15 is 0 Å². The van der Waals surface area contributed by atoms with E-state index in [1.807, 2.05) is 42.6 Å². The molecule has 118 valence electrons. The van der Waals surface area contributed by atoms with Crippen LogP contribution in [0.5, 0.6) is 0 Å². The molecule has 3 aromatic rings. The van der Waals surface area contributed by atoms with Gasteiger partial charge in [0.15, 0.2) is 5.78 Å². The molecule has 1 aromatic heterocycles. The Morgan fingerprint density at radius 1 is 1.00 bits per heavy atom.